The molecular formula is C26H23ClN2O2. The number of benzene rings is 3. The summed E-state index contributed by atoms with van der Waals surface area (Å²) in [6.45, 7) is 6.11. The molecule has 0 fully saturated rings. The largest absolute Gasteiger partial charge is 0.322 e. The van der Waals surface area contributed by atoms with E-state index in [4.69, 9.17) is 11.6 Å². The molecular weight excluding hydrogens is 408 g/mol. The number of carbonyl (C=O) groups is 1. The van der Waals surface area contributed by atoms with Gasteiger partial charge in [-0.3, -0.25) is 9.59 Å². The minimum atomic E-state index is -0.249. The van der Waals surface area contributed by atoms with E-state index in [0.29, 0.717) is 16.1 Å². The molecule has 3 aromatic carbocycles. The van der Waals surface area contributed by atoms with Gasteiger partial charge in [0, 0.05) is 16.8 Å². The van der Waals surface area contributed by atoms with Crippen LogP contribution < -0.4 is 10.5 Å². The first kappa shape index (κ1) is 20.9. The molecule has 0 saturated carbocycles. The molecule has 1 amide bonds. The Bertz CT molecular complexity index is 1360. The number of hydrogen-bond acceptors (Lipinski definition) is 2. The second-order valence-corrected chi connectivity index (χ2v) is 8.28. The van der Waals surface area contributed by atoms with Gasteiger partial charge in [-0.15, -0.1) is 0 Å². The average Bonchev–Trinajstić information content (AvgIpc) is 2.73. The molecule has 0 saturated heterocycles. The van der Waals surface area contributed by atoms with Gasteiger partial charge in [-0.25, -0.2) is 0 Å². The summed E-state index contributed by atoms with van der Waals surface area (Å²) in [6.07, 6.45) is 0. The monoisotopic (exact) mass is 430 g/mol. The van der Waals surface area contributed by atoms with E-state index >= 15 is 0 Å². The predicted octanol–water partition coefficient (Wildman–Crippen LogP) is 5.95. The molecule has 0 atom stereocenters. The lowest BCUT2D eigenvalue weighted by Crippen LogP contribution is -2.33. The van der Waals surface area contributed by atoms with Gasteiger partial charge in [0.15, 0.2) is 0 Å². The Morgan fingerprint density at radius 1 is 0.935 bits per heavy atom. The summed E-state index contributed by atoms with van der Waals surface area (Å²) in [4.78, 5) is 31.0. The third-order valence-electron chi connectivity index (χ3n) is 5.40. The van der Waals surface area contributed by atoms with Gasteiger partial charge in [-0.2, -0.15) is 0 Å². The number of nitrogens with one attached hydrogen (secondary N) is 1. The number of aromatic nitrogens is 1. The molecule has 0 aliphatic carbocycles. The number of halogens is 1. The Labute approximate surface area is 186 Å². The first-order valence-corrected chi connectivity index (χ1v) is 10.5. The van der Waals surface area contributed by atoms with E-state index in [0.717, 1.165) is 33.3 Å². The molecule has 1 aromatic heterocycles. The van der Waals surface area contributed by atoms with Crippen LogP contribution in [0, 0.1) is 20.8 Å². The van der Waals surface area contributed by atoms with Crippen molar-refractivity contribution in [2.24, 2.45) is 0 Å². The number of pyridine rings is 1. The molecule has 0 aliphatic heterocycles. The summed E-state index contributed by atoms with van der Waals surface area (Å²) in [5, 5.41) is 1.31. The topological polar surface area (TPSA) is 53.2 Å². The number of carbonyl (C=O) groups excluding carboxylic acids is 1. The van der Waals surface area contributed by atoms with Crippen molar-refractivity contribution in [1.29, 1.82) is 0 Å². The smallest absolute Gasteiger partial charge is 0.260 e. The zero-order valence-corrected chi connectivity index (χ0v) is 18.5. The quantitative estimate of drug-likeness (QED) is 0.434. The maximum Gasteiger partial charge on any atom is 0.260 e. The Hall–Kier alpha value is -3.37. The third kappa shape index (κ3) is 4.25. The van der Waals surface area contributed by atoms with E-state index in [2.05, 4.69) is 4.98 Å². The van der Waals surface area contributed by atoms with Crippen LogP contribution >= 0.6 is 11.6 Å². The molecule has 4 nitrogen and oxygen atoms in total. The maximum absolute atomic E-state index is 13.6. The Morgan fingerprint density at radius 2 is 1.65 bits per heavy atom. The minimum Gasteiger partial charge on any atom is -0.322 e. The lowest BCUT2D eigenvalue weighted by Gasteiger charge is -2.25. The number of aromatic amines is 1. The van der Waals surface area contributed by atoms with Crippen molar-refractivity contribution in [2.45, 2.75) is 27.3 Å². The van der Waals surface area contributed by atoms with Gasteiger partial charge in [0.1, 0.15) is 0 Å². The number of fused-ring (bicyclic) bond motifs is 1. The van der Waals surface area contributed by atoms with Crippen LogP contribution in [0.25, 0.3) is 10.9 Å². The van der Waals surface area contributed by atoms with Gasteiger partial charge in [0.2, 0.25) is 0 Å². The van der Waals surface area contributed by atoms with Gasteiger partial charge < -0.3 is 9.88 Å². The summed E-state index contributed by atoms with van der Waals surface area (Å²) in [5.74, 6) is -0.249. The van der Waals surface area contributed by atoms with Crippen molar-refractivity contribution >= 4 is 34.1 Å². The van der Waals surface area contributed by atoms with Gasteiger partial charge in [0.25, 0.3) is 11.5 Å². The van der Waals surface area contributed by atoms with E-state index in [-0.39, 0.29) is 18.0 Å². The Morgan fingerprint density at radius 3 is 2.39 bits per heavy atom. The highest BCUT2D eigenvalue weighted by molar-refractivity contribution is 6.34. The molecule has 0 radical (unpaired) electrons. The van der Waals surface area contributed by atoms with E-state index in [1.165, 1.54) is 0 Å². The van der Waals surface area contributed by atoms with Crippen LogP contribution in [-0.2, 0) is 6.54 Å². The Kier molecular flexibility index (Phi) is 5.66. The van der Waals surface area contributed by atoms with Gasteiger partial charge >= 0.3 is 0 Å². The summed E-state index contributed by atoms with van der Waals surface area (Å²) in [7, 11) is 0. The predicted molar refractivity (Wildman–Crippen MR) is 127 cm³/mol. The van der Waals surface area contributed by atoms with Crippen molar-refractivity contribution in [3.05, 3.63) is 110 Å². The highest BCUT2D eigenvalue weighted by Gasteiger charge is 2.23. The summed E-state index contributed by atoms with van der Waals surface area (Å²) in [6, 6.07) is 20.6. The molecule has 5 heteroatoms. The molecule has 0 bridgehead atoms. The number of nitrogens with zero attached hydrogens (tertiary/aromatic N) is 1. The van der Waals surface area contributed by atoms with Crippen molar-refractivity contribution in [3.63, 3.8) is 0 Å². The minimum absolute atomic E-state index is 0.132. The fourth-order valence-corrected chi connectivity index (χ4v) is 4.03. The molecule has 1 heterocycles. The van der Waals surface area contributed by atoms with Crippen LogP contribution in [-0.4, -0.2) is 10.9 Å². The molecule has 156 valence electrons. The van der Waals surface area contributed by atoms with Crippen LogP contribution in [0.5, 0.6) is 0 Å². The van der Waals surface area contributed by atoms with Gasteiger partial charge in [0.05, 0.1) is 17.1 Å². The van der Waals surface area contributed by atoms with Crippen molar-refractivity contribution < 1.29 is 4.79 Å². The van der Waals surface area contributed by atoms with Gasteiger partial charge in [-0.05, 0) is 68.1 Å². The van der Waals surface area contributed by atoms with Crippen molar-refractivity contribution in [2.75, 3.05) is 4.90 Å². The van der Waals surface area contributed by atoms with E-state index < -0.39 is 0 Å². The molecule has 0 aliphatic rings. The fourth-order valence-electron chi connectivity index (χ4n) is 3.81. The maximum atomic E-state index is 13.6. The van der Waals surface area contributed by atoms with Gasteiger partial charge in [-0.1, -0.05) is 53.1 Å². The molecule has 31 heavy (non-hydrogen) atoms. The van der Waals surface area contributed by atoms with Crippen LogP contribution in [0.15, 0.2) is 71.5 Å². The van der Waals surface area contributed by atoms with E-state index in [9.17, 15) is 9.59 Å². The fraction of sp³-hybridized carbons (Fsp3) is 0.154. The standard InChI is InChI=1S/C26H23ClN2O2/c1-16-9-11-24(18(3)12-16)29(26(31)21-6-4-5-7-22(21)27)15-20-14-19-13-17(2)8-10-23(19)28-25(20)30/h4-14H,15H2,1-3H3,(H,28,30). The van der Waals surface area contributed by atoms with Crippen molar-refractivity contribution in [3.8, 4) is 0 Å². The lowest BCUT2D eigenvalue weighted by atomic mass is 10.1. The number of rotatable bonds is 4. The number of H-pyrrole nitrogens is 1. The zero-order chi connectivity index (χ0) is 22.1. The molecule has 0 spiro atoms. The summed E-state index contributed by atoms with van der Waals surface area (Å²) >= 11 is 6.33. The SMILES string of the molecule is Cc1ccc(N(Cc2cc3cc(C)ccc3[nH]c2=O)C(=O)c2ccccc2Cl)c(C)c1. The summed E-state index contributed by atoms with van der Waals surface area (Å²) in [5.41, 5.74) is 5.38. The van der Waals surface area contributed by atoms with E-state index in [1.54, 1.807) is 29.2 Å². The highest BCUT2D eigenvalue weighted by Crippen LogP contribution is 2.27. The molecule has 0 unspecified atom stereocenters. The second-order valence-electron chi connectivity index (χ2n) is 7.88. The second kappa shape index (κ2) is 8.40. The lowest BCUT2D eigenvalue weighted by molar-refractivity contribution is 0.0985. The highest BCUT2D eigenvalue weighted by atomic mass is 35.5. The summed E-state index contributed by atoms with van der Waals surface area (Å²) < 4.78 is 0. The molecule has 4 aromatic rings. The number of amides is 1. The van der Waals surface area contributed by atoms with E-state index in [1.807, 2.05) is 63.2 Å². The third-order valence-corrected chi connectivity index (χ3v) is 5.73. The van der Waals surface area contributed by atoms with Crippen LogP contribution in [0.1, 0.15) is 32.6 Å². The Balaban J connectivity index is 1.84. The first-order chi connectivity index (χ1) is 14.8. The number of hydrogen-bond donors (Lipinski definition) is 1. The van der Waals surface area contributed by atoms with Crippen LogP contribution in [0.3, 0.4) is 0 Å². The van der Waals surface area contributed by atoms with Crippen molar-refractivity contribution in [1.82, 2.24) is 4.98 Å². The molecule has 4 rings (SSSR count). The number of anilines is 1. The first-order valence-electron chi connectivity index (χ1n) is 10.1. The number of aryl methyl sites for hydroxylation is 3. The van der Waals surface area contributed by atoms with Crippen LogP contribution in [0.4, 0.5) is 5.69 Å². The zero-order valence-electron chi connectivity index (χ0n) is 17.7. The average molecular weight is 431 g/mol. The molecule has 1 N–H and O–H groups in total. The normalized spacial score (nSPS) is 11.0. The van der Waals surface area contributed by atoms with Crippen LogP contribution in [0.2, 0.25) is 5.02 Å².